The molecule has 2 saturated heterocycles. The summed E-state index contributed by atoms with van der Waals surface area (Å²) in [6, 6.07) is 3.79. The largest absolute Gasteiger partial charge is 0.378 e. The number of morpholine rings is 2. The van der Waals surface area contributed by atoms with Crippen LogP contribution in [0.4, 0.5) is 5.82 Å². The fourth-order valence-electron chi connectivity index (χ4n) is 4.05. The third kappa shape index (κ3) is 4.61. The molecule has 0 bridgehead atoms. The average molecular weight is 373 g/mol. The summed E-state index contributed by atoms with van der Waals surface area (Å²) in [5.74, 6) is 1.69. The number of nitrogens with zero attached hydrogens (tertiary/aromatic N) is 3. The number of carbonyl (C=O) groups excluding carboxylic acids is 1. The van der Waals surface area contributed by atoms with Gasteiger partial charge in [0.25, 0.3) is 5.91 Å². The lowest BCUT2D eigenvalue weighted by molar-refractivity contribution is -0.0411. The van der Waals surface area contributed by atoms with E-state index in [1.165, 1.54) is 25.7 Å². The second kappa shape index (κ2) is 8.57. The van der Waals surface area contributed by atoms with Crippen molar-refractivity contribution in [2.24, 2.45) is 5.92 Å². The molecule has 0 spiro atoms. The van der Waals surface area contributed by atoms with Gasteiger partial charge >= 0.3 is 0 Å². The molecule has 3 aliphatic rings. The summed E-state index contributed by atoms with van der Waals surface area (Å²) in [6.45, 7) is 6.54. The Bertz CT molecular complexity index is 643. The fraction of sp³-hybridized carbons (Fsp3) is 0.714. The highest BCUT2D eigenvalue weighted by Crippen LogP contribution is 2.38. The average Bonchev–Trinajstić information content (AvgIpc) is 3.58. The molecule has 2 unspecified atom stereocenters. The number of hydrogen-bond donors (Lipinski definition) is 0. The van der Waals surface area contributed by atoms with Crippen molar-refractivity contribution in [2.75, 3.05) is 44.3 Å². The Kier molecular flexibility index (Phi) is 5.93. The van der Waals surface area contributed by atoms with E-state index in [9.17, 15) is 4.79 Å². The Labute approximate surface area is 161 Å². The Hall–Kier alpha value is -1.66. The van der Waals surface area contributed by atoms with Crippen LogP contribution in [0.2, 0.25) is 0 Å². The van der Waals surface area contributed by atoms with Crippen LogP contribution in [0.5, 0.6) is 0 Å². The molecule has 0 aromatic carbocycles. The molecule has 1 aromatic rings. The minimum atomic E-state index is 0.0801. The van der Waals surface area contributed by atoms with Gasteiger partial charge in [0.2, 0.25) is 0 Å². The van der Waals surface area contributed by atoms with Gasteiger partial charge < -0.3 is 19.3 Å². The topological polar surface area (TPSA) is 54.9 Å². The predicted molar refractivity (Wildman–Crippen MR) is 104 cm³/mol. The molecular formula is C21H31N3O3. The SMILES string of the molecule is CCCCC1CN(c2cc(C(=O)N3CCOCC3)ccn2)CC(C2CC2)O1. The first-order valence-electron chi connectivity index (χ1n) is 10.5. The number of carbonyl (C=O) groups is 1. The van der Waals surface area contributed by atoms with E-state index in [1.807, 2.05) is 17.0 Å². The molecule has 2 aliphatic heterocycles. The molecule has 1 aliphatic carbocycles. The van der Waals surface area contributed by atoms with Crippen LogP contribution < -0.4 is 4.90 Å². The second-order valence-electron chi connectivity index (χ2n) is 7.99. The van der Waals surface area contributed by atoms with E-state index in [4.69, 9.17) is 9.47 Å². The number of rotatable bonds is 6. The Morgan fingerprint density at radius 3 is 2.81 bits per heavy atom. The van der Waals surface area contributed by atoms with Gasteiger partial charge in [-0.1, -0.05) is 19.8 Å². The van der Waals surface area contributed by atoms with Crippen LogP contribution in [0, 0.1) is 5.92 Å². The molecule has 27 heavy (non-hydrogen) atoms. The van der Waals surface area contributed by atoms with E-state index in [1.54, 1.807) is 6.20 Å². The number of aromatic nitrogens is 1. The molecule has 1 amide bonds. The van der Waals surface area contributed by atoms with E-state index in [0.29, 0.717) is 38.3 Å². The van der Waals surface area contributed by atoms with Crippen LogP contribution in [0.3, 0.4) is 0 Å². The zero-order chi connectivity index (χ0) is 18.6. The van der Waals surface area contributed by atoms with E-state index in [-0.39, 0.29) is 12.0 Å². The molecule has 1 saturated carbocycles. The van der Waals surface area contributed by atoms with Crippen LogP contribution in [0.1, 0.15) is 49.4 Å². The van der Waals surface area contributed by atoms with Crippen LogP contribution >= 0.6 is 0 Å². The molecule has 2 atom stereocenters. The maximum atomic E-state index is 12.8. The standard InChI is InChI=1S/C21H31N3O3/c1-2-3-4-18-14-24(15-19(27-18)16-5-6-16)20-13-17(7-8-22-20)21(25)23-9-11-26-12-10-23/h7-8,13,16,18-19H,2-6,9-12,14-15H2,1H3. The minimum absolute atomic E-state index is 0.0801. The zero-order valence-electron chi connectivity index (χ0n) is 16.3. The third-order valence-electron chi connectivity index (χ3n) is 5.83. The molecule has 6 nitrogen and oxygen atoms in total. The van der Waals surface area contributed by atoms with Gasteiger partial charge in [-0.05, 0) is 37.3 Å². The summed E-state index contributed by atoms with van der Waals surface area (Å²) in [5.41, 5.74) is 0.724. The zero-order valence-corrected chi connectivity index (χ0v) is 16.3. The van der Waals surface area contributed by atoms with Crippen LogP contribution in [-0.4, -0.2) is 67.4 Å². The molecule has 3 heterocycles. The number of anilines is 1. The van der Waals surface area contributed by atoms with Crippen molar-refractivity contribution in [3.63, 3.8) is 0 Å². The minimum Gasteiger partial charge on any atom is -0.378 e. The van der Waals surface area contributed by atoms with Crippen molar-refractivity contribution in [2.45, 2.75) is 51.2 Å². The Morgan fingerprint density at radius 1 is 1.26 bits per heavy atom. The third-order valence-corrected chi connectivity index (χ3v) is 5.83. The highest BCUT2D eigenvalue weighted by Gasteiger charge is 2.38. The number of unbranched alkanes of at least 4 members (excludes halogenated alkanes) is 1. The van der Waals surface area contributed by atoms with Crippen molar-refractivity contribution in [3.8, 4) is 0 Å². The molecule has 1 aromatic heterocycles. The lowest BCUT2D eigenvalue weighted by Crippen LogP contribution is -2.49. The molecule has 148 valence electrons. The molecule has 4 rings (SSSR count). The summed E-state index contributed by atoms with van der Waals surface area (Å²) in [7, 11) is 0. The molecule has 0 N–H and O–H groups in total. The maximum absolute atomic E-state index is 12.8. The fourth-order valence-corrected chi connectivity index (χ4v) is 4.05. The molecule has 6 heteroatoms. The summed E-state index contributed by atoms with van der Waals surface area (Å²) in [4.78, 5) is 21.6. The second-order valence-corrected chi connectivity index (χ2v) is 7.99. The van der Waals surface area contributed by atoms with Crippen LogP contribution in [-0.2, 0) is 9.47 Å². The molecule has 0 radical (unpaired) electrons. The van der Waals surface area contributed by atoms with Gasteiger partial charge in [-0.3, -0.25) is 4.79 Å². The van der Waals surface area contributed by atoms with Crippen molar-refractivity contribution in [1.82, 2.24) is 9.88 Å². The van der Waals surface area contributed by atoms with Gasteiger partial charge in [0.15, 0.2) is 0 Å². The normalized spacial score (nSPS) is 26.3. The number of pyridine rings is 1. The van der Waals surface area contributed by atoms with Gasteiger partial charge in [-0.25, -0.2) is 4.98 Å². The summed E-state index contributed by atoms with van der Waals surface area (Å²) < 4.78 is 11.7. The predicted octanol–water partition coefficient (Wildman–Crippen LogP) is 2.73. The maximum Gasteiger partial charge on any atom is 0.254 e. The first-order valence-corrected chi connectivity index (χ1v) is 10.5. The highest BCUT2D eigenvalue weighted by atomic mass is 16.5. The van der Waals surface area contributed by atoms with Gasteiger partial charge in [0, 0.05) is 37.9 Å². The monoisotopic (exact) mass is 373 g/mol. The van der Waals surface area contributed by atoms with E-state index < -0.39 is 0 Å². The van der Waals surface area contributed by atoms with Crippen LogP contribution in [0.25, 0.3) is 0 Å². The Morgan fingerprint density at radius 2 is 2.07 bits per heavy atom. The lowest BCUT2D eigenvalue weighted by Gasteiger charge is -2.39. The van der Waals surface area contributed by atoms with E-state index >= 15 is 0 Å². The first-order chi connectivity index (χ1) is 13.2. The number of hydrogen-bond acceptors (Lipinski definition) is 5. The van der Waals surface area contributed by atoms with Crippen LogP contribution in [0.15, 0.2) is 18.3 Å². The first kappa shape index (κ1) is 18.7. The van der Waals surface area contributed by atoms with Crippen molar-refractivity contribution >= 4 is 11.7 Å². The summed E-state index contributed by atoms with van der Waals surface area (Å²) >= 11 is 0. The van der Waals surface area contributed by atoms with Gasteiger partial charge in [-0.15, -0.1) is 0 Å². The van der Waals surface area contributed by atoms with Gasteiger partial charge in [-0.2, -0.15) is 0 Å². The summed E-state index contributed by atoms with van der Waals surface area (Å²) in [5, 5.41) is 0. The number of amides is 1. The van der Waals surface area contributed by atoms with Gasteiger partial charge in [0.1, 0.15) is 5.82 Å². The van der Waals surface area contributed by atoms with Crippen molar-refractivity contribution in [3.05, 3.63) is 23.9 Å². The Balaban J connectivity index is 1.48. The summed E-state index contributed by atoms with van der Waals surface area (Å²) in [6.07, 6.45) is 8.39. The smallest absolute Gasteiger partial charge is 0.254 e. The van der Waals surface area contributed by atoms with Crippen molar-refractivity contribution < 1.29 is 14.3 Å². The van der Waals surface area contributed by atoms with Crippen molar-refractivity contribution in [1.29, 1.82) is 0 Å². The van der Waals surface area contributed by atoms with E-state index in [0.717, 1.165) is 30.9 Å². The molecule has 3 fully saturated rings. The quantitative estimate of drug-likeness (QED) is 0.767. The lowest BCUT2D eigenvalue weighted by atomic mass is 10.1. The highest BCUT2D eigenvalue weighted by molar-refractivity contribution is 5.94. The van der Waals surface area contributed by atoms with E-state index in [2.05, 4.69) is 16.8 Å². The molecular weight excluding hydrogens is 342 g/mol. The van der Waals surface area contributed by atoms with Gasteiger partial charge in [0.05, 0.1) is 25.4 Å². The number of ether oxygens (including phenoxy) is 2.